The van der Waals surface area contributed by atoms with Crippen molar-refractivity contribution >= 4 is 22.4 Å². The number of rotatable bonds is 6. The first kappa shape index (κ1) is 14.7. The Hall–Kier alpha value is -1.36. The van der Waals surface area contributed by atoms with Crippen LogP contribution in [0.15, 0.2) is 18.2 Å². The summed E-state index contributed by atoms with van der Waals surface area (Å²) in [6.07, 6.45) is 0. The van der Waals surface area contributed by atoms with Gasteiger partial charge in [0.05, 0.1) is 5.56 Å². The third kappa shape index (κ3) is 4.14. The molecule has 0 aliphatic rings. The van der Waals surface area contributed by atoms with Crippen LogP contribution in [-0.2, 0) is 10.8 Å². The molecule has 0 radical (unpaired) electrons. The van der Waals surface area contributed by atoms with Gasteiger partial charge in [-0.25, -0.2) is 0 Å². The summed E-state index contributed by atoms with van der Waals surface area (Å²) in [5, 5.41) is 5.79. The average Bonchev–Trinajstić information content (AvgIpc) is 2.37. The molecule has 1 aromatic rings. The van der Waals surface area contributed by atoms with Crippen molar-refractivity contribution in [3.05, 3.63) is 29.3 Å². The molecule has 4 nitrogen and oxygen atoms in total. The van der Waals surface area contributed by atoms with Crippen molar-refractivity contribution < 1.29 is 9.00 Å². The zero-order valence-electron chi connectivity index (χ0n) is 11.1. The fraction of sp³-hybridized carbons (Fsp3) is 0.462. The molecule has 0 fully saturated rings. The largest absolute Gasteiger partial charge is 0.387 e. The Bertz CT molecular complexity index is 447. The predicted molar refractivity (Wildman–Crippen MR) is 76.6 cm³/mol. The standard InChI is InChI=1S/C13H20N2O2S/c1-4-18(17)8-7-15-13(16)11-6-5-10(2)9-12(11)14-3/h5-6,9,14H,4,7-8H2,1-3H3,(H,15,16). The summed E-state index contributed by atoms with van der Waals surface area (Å²) in [6, 6.07) is 5.63. The Labute approximate surface area is 111 Å². The first-order valence-electron chi connectivity index (χ1n) is 6.00. The van der Waals surface area contributed by atoms with Crippen molar-refractivity contribution in [1.29, 1.82) is 0 Å². The minimum absolute atomic E-state index is 0.132. The number of benzene rings is 1. The molecule has 0 aromatic heterocycles. The number of aryl methyl sites for hydroxylation is 1. The fourth-order valence-electron chi connectivity index (χ4n) is 1.58. The van der Waals surface area contributed by atoms with Gasteiger partial charge in [0.25, 0.3) is 5.91 Å². The Morgan fingerprint density at radius 1 is 1.39 bits per heavy atom. The van der Waals surface area contributed by atoms with E-state index in [-0.39, 0.29) is 5.91 Å². The molecular weight excluding hydrogens is 248 g/mol. The molecule has 5 heteroatoms. The van der Waals surface area contributed by atoms with Gasteiger partial charge in [-0.1, -0.05) is 13.0 Å². The Balaban J connectivity index is 2.64. The summed E-state index contributed by atoms with van der Waals surface area (Å²) in [7, 11) is 0.948. The zero-order valence-corrected chi connectivity index (χ0v) is 11.9. The van der Waals surface area contributed by atoms with Gasteiger partial charge in [0.15, 0.2) is 0 Å². The van der Waals surface area contributed by atoms with Crippen molar-refractivity contribution in [3.8, 4) is 0 Å². The Morgan fingerprint density at radius 3 is 2.72 bits per heavy atom. The van der Waals surface area contributed by atoms with Crippen LogP contribution in [0.5, 0.6) is 0 Å². The number of anilines is 1. The van der Waals surface area contributed by atoms with E-state index in [4.69, 9.17) is 0 Å². The molecule has 1 rings (SSSR count). The van der Waals surface area contributed by atoms with Gasteiger partial charge in [0.1, 0.15) is 0 Å². The second-order valence-electron chi connectivity index (χ2n) is 3.99. The van der Waals surface area contributed by atoms with Gasteiger partial charge in [0, 0.05) is 41.6 Å². The van der Waals surface area contributed by atoms with Crippen LogP contribution >= 0.6 is 0 Å². The van der Waals surface area contributed by atoms with Gasteiger partial charge in [-0.15, -0.1) is 0 Å². The summed E-state index contributed by atoms with van der Waals surface area (Å²) < 4.78 is 11.2. The van der Waals surface area contributed by atoms with Crippen LogP contribution in [0.3, 0.4) is 0 Å². The highest BCUT2D eigenvalue weighted by Crippen LogP contribution is 2.16. The summed E-state index contributed by atoms with van der Waals surface area (Å²) in [5.41, 5.74) is 2.53. The van der Waals surface area contributed by atoms with Crippen LogP contribution in [0, 0.1) is 6.92 Å². The first-order chi connectivity index (χ1) is 8.58. The molecule has 0 aliphatic carbocycles. The monoisotopic (exact) mass is 268 g/mol. The number of hydrogen-bond acceptors (Lipinski definition) is 3. The normalized spacial score (nSPS) is 11.9. The molecule has 1 aromatic carbocycles. The second-order valence-corrected chi connectivity index (χ2v) is 5.85. The van der Waals surface area contributed by atoms with Crippen LogP contribution in [0.1, 0.15) is 22.8 Å². The quantitative estimate of drug-likeness (QED) is 0.822. The molecule has 0 bridgehead atoms. The molecule has 0 spiro atoms. The maximum atomic E-state index is 12.0. The lowest BCUT2D eigenvalue weighted by Gasteiger charge is -2.10. The smallest absolute Gasteiger partial charge is 0.253 e. The van der Waals surface area contributed by atoms with Gasteiger partial charge < -0.3 is 10.6 Å². The van der Waals surface area contributed by atoms with Gasteiger partial charge >= 0.3 is 0 Å². The van der Waals surface area contributed by atoms with E-state index in [2.05, 4.69) is 10.6 Å². The van der Waals surface area contributed by atoms with Gasteiger partial charge in [0.2, 0.25) is 0 Å². The van der Waals surface area contributed by atoms with E-state index in [0.29, 0.717) is 23.6 Å². The number of nitrogens with one attached hydrogen (secondary N) is 2. The lowest BCUT2D eigenvalue weighted by atomic mass is 10.1. The highest BCUT2D eigenvalue weighted by atomic mass is 32.2. The molecule has 1 amide bonds. The predicted octanol–water partition coefficient (Wildman–Crippen LogP) is 1.54. The maximum absolute atomic E-state index is 12.0. The van der Waals surface area contributed by atoms with Crippen molar-refractivity contribution in [2.45, 2.75) is 13.8 Å². The lowest BCUT2D eigenvalue weighted by molar-refractivity contribution is 0.0957. The number of carbonyl (C=O) groups excluding carboxylic acids is 1. The van der Waals surface area contributed by atoms with Crippen molar-refractivity contribution in [1.82, 2.24) is 5.32 Å². The number of amides is 1. The van der Waals surface area contributed by atoms with E-state index >= 15 is 0 Å². The van der Waals surface area contributed by atoms with Crippen molar-refractivity contribution in [2.75, 3.05) is 30.4 Å². The van der Waals surface area contributed by atoms with E-state index in [1.807, 2.05) is 26.0 Å². The molecule has 100 valence electrons. The fourth-order valence-corrected chi connectivity index (χ4v) is 2.20. The number of carbonyl (C=O) groups is 1. The number of hydrogen-bond donors (Lipinski definition) is 2. The SMILES string of the molecule is CCS(=O)CCNC(=O)c1ccc(C)cc1NC. The first-order valence-corrected chi connectivity index (χ1v) is 7.48. The molecule has 1 unspecified atom stereocenters. The molecule has 0 saturated heterocycles. The van der Waals surface area contributed by atoms with E-state index in [1.54, 1.807) is 13.1 Å². The summed E-state index contributed by atoms with van der Waals surface area (Å²) in [6.45, 7) is 4.29. The summed E-state index contributed by atoms with van der Waals surface area (Å²) >= 11 is 0. The van der Waals surface area contributed by atoms with Crippen LogP contribution in [0.4, 0.5) is 5.69 Å². The van der Waals surface area contributed by atoms with Crippen molar-refractivity contribution in [2.24, 2.45) is 0 Å². The molecule has 0 saturated carbocycles. The van der Waals surface area contributed by atoms with Gasteiger partial charge in [-0.2, -0.15) is 0 Å². The molecule has 0 aliphatic heterocycles. The molecular formula is C13H20N2O2S. The lowest BCUT2D eigenvalue weighted by Crippen LogP contribution is -2.28. The molecule has 1 atom stereocenters. The average molecular weight is 268 g/mol. The summed E-state index contributed by atoms with van der Waals surface area (Å²) in [4.78, 5) is 12.0. The van der Waals surface area contributed by atoms with E-state index in [1.165, 1.54) is 0 Å². The third-order valence-electron chi connectivity index (χ3n) is 2.63. The third-order valence-corrected chi connectivity index (χ3v) is 3.93. The molecule has 18 heavy (non-hydrogen) atoms. The van der Waals surface area contributed by atoms with Crippen LogP contribution in [0.2, 0.25) is 0 Å². The van der Waals surface area contributed by atoms with Crippen LogP contribution in [0.25, 0.3) is 0 Å². The van der Waals surface area contributed by atoms with Crippen LogP contribution < -0.4 is 10.6 Å². The van der Waals surface area contributed by atoms with E-state index < -0.39 is 10.8 Å². The Kier molecular flexibility index (Phi) is 5.85. The van der Waals surface area contributed by atoms with E-state index in [0.717, 1.165) is 11.3 Å². The second kappa shape index (κ2) is 7.16. The minimum Gasteiger partial charge on any atom is -0.387 e. The Morgan fingerprint density at radius 2 is 2.11 bits per heavy atom. The molecule has 2 N–H and O–H groups in total. The highest BCUT2D eigenvalue weighted by Gasteiger charge is 2.10. The molecule has 0 heterocycles. The zero-order chi connectivity index (χ0) is 13.5. The maximum Gasteiger partial charge on any atom is 0.253 e. The summed E-state index contributed by atoms with van der Waals surface area (Å²) in [5.74, 6) is 0.998. The van der Waals surface area contributed by atoms with E-state index in [9.17, 15) is 9.00 Å². The minimum atomic E-state index is -0.841. The van der Waals surface area contributed by atoms with Crippen LogP contribution in [-0.4, -0.2) is 35.2 Å². The van der Waals surface area contributed by atoms with Gasteiger partial charge in [-0.3, -0.25) is 9.00 Å². The topological polar surface area (TPSA) is 58.2 Å². The van der Waals surface area contributed by atoms with Gasteiger partial charge in [-0.05, 0) is 24.6 Å². The highest BCUT2D eigenvalue weighted by molar-refractivity contribution is 7.84. The van der Waals surface area contributed by atoms with Crippen molar-refractivity contribution in [3.63, 3.8) is 0 Å².